The van der Waals surface area contributed by atoms with Crippen LogP contribution in [-0.4, -0.2) is 59.6 Å². The fraction of sp³-hybridized carbons (Fsp3) is 0.500. The van der Waals surface area contributed by atoms with Gasteiger partial charge in [-0.3, -0.25) is 4.99 Å². The average Bonchev–Trinajstić information content (AvgIpc) is 3.34. The molecular weight excluding hydrogens is 462 g/mol. The van der Waals surface area contributed by atoms with Crippen LogP contribution >= 0.6 is 24.0 Å². The van der Waals surface area contributed by atoms with E-state index < -0.39 is 5.82 Å². The lowest BCUT2D eigenvalue weighted by Gasteiger charge is -2.36. The summed E-state index contributed by atoms with van der Waals surface area (Å²) >= 11 is 0. The molecule has 1 saturated heterocycles. The topological polar surface area (TPSA) is 69.8 Å². The van der Waals surface area contributed by atoms with Crippen LogP contribution in [0.25, 0.3) is 0 Å². The number of aliphatic imine (C=N–C) groups is 1. The molecule has 0 spiro atoms. The maximum atomic E-state index is 13.0. The van der Waals surface area contributed by atoms with Gasteiger partial charge in [0.15, 0.2) is 11.8 Å². The molecule has 2 aromatic heterocycles. The normalized spacial score (nSPS) is 17.6. The van der Waals surface area contributed by atoms with Crippen LogP contribution in [0.3, 0.4) is 0 Å². The highest BCUT2D eigenvalue weighted by molar-refractivity contribution is 14.0. The van der Waals surface area contributed by atoms with E-state index >= 15 is 0 Å². The third-order valence-electron chi connectivity index (χ3n) is 4.58. The summed E-state index contributed by atoms with van der Waals surface area (Å²) in [5.74, 6) is 2.10. The van der Waals surface area contributed by atoms with Gasteiger partial charge in [-0.1, -0.05) is 0 Å². The Morgan fingerprint density at radius 1 is 1.22 bits per heavy atom. The number of rotatable bonds is 5. The van der Waals surface area contributed by atoms with E-state index in [1.165, 1.54) is 25.2 Å². The summed E-state index contributed by atoms with van der Waals surface area (Å²) in [5, 5.41) is 3.55. The lowest BCUT2D eigenvalue weighted by Crippen LogP contribution is -2.53. The fourth-order valence-corrected chi connectivity index (χ4v) is 2.96. The average molecular weight is 486 g/mol. The number of hydrogen-bond donors (Lipinski definition) is 1. The Hall–Kier alpha value is -1.91. The third-order valence-corrected chi connectivity index (χ3v) is 4.58. The maximum Gasteiger partial charge on any atom is 0.225 e. The van der Waals surface area contributed by atoms with Crippen LogP contribution in [0.2, 0.25) is 0 Å². The second kappa shape index (κ2) is 9.34. The van der Waals surface area contributed by atoms with Crippen molar-refractivity contribution >= 4 is 35.9 Å². The molecule has 0 unspecified atom stereocenters. The van der Waals surface area contributed by atoms with E-state index in [1.807, 2.05) is 12.1 Å². The molecular formula is C18H24FIN6O. The van der Waals surface area contributed by atoms with E-state index in [4.69, 9.17) is 9.41 Å². The molecule has 0 aromatic carbocycles. The summed E-state index contributed by atoms with van der Waals surface area (Å²) in [6.45, 7) is 3.94. The van der Waals surface area contributed by atoms with Gasteiger partial charge in [0.25, 0.3) is 0 Å². The number of aromatic nitrogens is 2. The minimum absolute atomic E-state index is 0. The Balaban J connectivity index is 0.00000210. The first-order valence-electron chi connectivity index (χ1n) is 9.09. The van der Waals surface area contributed by atoms with Crippen LogP contribution in [0.4, 0.5) is 10.3 Å². The predicted molar refractivity (Wildman–Crippen MR) is 112 cm³/mol. The summed E-state index contributed by atoms with van der Waals surface area (Å²) in [5.41, 5.74) is 0. The van der Waals surface area contributed by atoms with E-state index in [9.17, 15) is 4.39 Å². The van der Waals surface area contributed by atoms with Crippen LogP contribution in [-0.2, 0) is 6.42 Å². The van der Waals surface area contributed by atoms with E-state index in [0.717, 1.165) is 44.3 Å². The number of hydrogen-bond acceptors (Lipinski definition) is 5. The molecule has 1 aliphatic carbocycles. The highest BCUT2D eigenvalue weighted by atomic mass is 127. The smallest absolute Gasteiger partial charge is 0.225 e. The van der Waals surface area contributed by atoms with Gasteiger partial charge in [-0.15, -0.1) is 24.0 Å². The largest absolute Gasteiger partial charge is 0.469 e. The highest BCUT2D eigenvalue weighted by Gasteiger charge is 2.27. The van der Waals surface area contributed by atoms with E-state index in [0.29, 0.717) is 18.5 Å². The predicted octanol–water partition coefficient (Wildman–Crippen LogP) is 2.30. The molecule has 146 valence electrons. The molecule has 1 saturated carbocycles. The minimum atomic E-state index is -0.410. The van der Waals surface area contributed by atoms with Gasteiger partial charge in [0.2, 0.25) is 5.95 Å². The van der Waals surface area contributed by atoms with Crippen LogP contribution in [0.1, 0.15) is 18.6 Å². The summed E-state index contributed by atoms with van der Waals surface area (Å²) in [7, 11) is 0. The van der Waals surface area contributed by atoms with Crippen molar-refractivity contribution in [1.29, 1.82) is 0 Å². The second-order valence-corrected chi connectivity index (χ2v) is 6.63. The maximum absolute atomic E-state index is 13.0. The number of nitrogens with zero attached hydrogens (tertiary/aromatic N) is 5. The summed E-state index contributed by atoms with van der Waals surface area (Å²) in [6, 6.07) is 4.43. The molecule has 1 N–H and O–H groups in total. The first-order valence-corrected chi connectivity index (χ1v) is 9.09. The quantitative estimate of drug-likeness (QED) is 0.398. The molecule has 27 heavy (non-hydrogen) atoms. The van der Waals surface area contributed by atoms with Crippen LogP contribution in [0, 0.1) is 5.82 Å². The minimum Gasteiger partial charge on any atom is -0.469 e. The summed E-state index contributed by atoms with van der Waals surface area (Å²) in [4.78, 5) is 17.3. The third kappa shape index (κ3) is 5.53. The van der Waals surface area contributed by atoms with Gasteiger partial charge >= 0.3 is 0 Å². The van der Waals surface area contributed by atoms with Gasteiger partial charge in [0, 0.05) is 45.2 Å². The fourth-order valence-electron chi connectivity index (χ4n) is 2.96. The monoisotopic (exact) mass is 486 g/mol. The molecule has 9 heteroatoms. The zero-order valence-corrected chi connectivity index (χ0v) is 17.4. The molecule has 0 amide bonds. The van der Waals surface area contributed by atoms with Gasteiger partial charge in [0.1, 0.15) is 5.76 Å². The number of anilines is 1. The van der Waals surface area contributed by atoms with Crippen LogP contribution in [0.5, 0.6) is 0 Å². The van der Waals surface area contributed by atoms with Crippen molar-refractivity contribution in [1.82, 2.24) is 20.2 Å². The van der Waals surface area contributed by atoms with Crippen molar-refractivity contribution < 1.29 is 8.81 Å². The molecule has 2 fully saturated rings. The van der Waals surface area contributed by atoms with Gasteiger partial charge in [-0.05, 0) is 25.0 Å². The molecule has 1 aliphatic heterocycles. The summed E-state index contributed by atoms with van der Waals surface area (Å²) in [6.07, 6.45) is 7.34. The van der Waals surface area contributed by atoms with Gasteiger partial charge in [0.05, 0.1) is 18.7 Å². The molecule has 7 nitrogen and oxygen atoms in total. The Bertz CT molecular complexity index is 727. The summed E-state index contributed by atoms with van der Waals surface area (Å²) < 4.78 is 18.4. The number of halogens is 2. The number of furan rings is 1. The van der Waals surface area contributed by atoms with E-state index in [2.05, 4.69) is 25.1 Å². The lowest BCUT2D eigenvalue weighted by molar-refractivity contribution is 0.368. The van der Waals surface area contributed by atoms with Crippen molar-refractivity contribution in [3.05, 3.63) is 42.4 Å². The SMILES string of the molecule is Fc1cnc(N2CCN(C(=NCCc3ccco3)NC3CC3)CC2)nc1.I. The van der Waals surface area contributed by atoms with Crippen molar-refractivity contribution in [3.63, 3.8) is 0 Å². The number of guanidine groups is 1. The zero-order valence-electron chi connectivity index (χ0n) is 15.1. The first-order chi connectivity index (χ1) is 12.8. The lowest BCUT2D eigenvalue weighted by atomic mass is 10.3. The molecule has 0 atom stereocenters. The van der Waals surface area contributed by atoms with Crippen molar-refractivity contribution in [2.75, 3.05) is 37.6 Å². The zero-order chi connectivity index (χ0) is 17.8. The highest BCUT2D eigenvalue weighted by Crippen LogP contribution is 2.19. The van der Waals surface area contributed by atoms with Gasteiger partial charge < -0.3 is 19.5 Å². The molecule has 4 rings (SSSR count). The van der Waals surface area contributed by atoms with Crippen molar-refractivity contribution in [2.24, 2.45) is 4.99 Å². The Morgan fingerprint density at radius 2 is 1.96 bits per heavy atom. The molecule has 3 heterocycles. The molecule has 0 bridgehead atoms. The standard InChI is InChI=1S/C18H23FN6O.HI/c19-14-12-21-17(22-13-14)24-7-9-25(10-8-24)18(23-15-3-4-15)20-6-5-16-2-1-11-26-16;/h1-2,11-13,15H,3-10H2,(H,20,23);1H. The van der Waals surface area contributed by atoms with Crippen molar-refractivity contribution in [2.45, 2.75) is 25.3 Å². The Labute approximate surface area is 175 Å². The first kappa shape index (κ1) is 19.8. The Kier molecular flexibility index (Phi) is 6.86. The van der Waals surface area contributed by atoms with E-state index in [-0.39, 0.29) is 24.0 Å². The van der Waals surface area contributed by atoms with Gasteiger partial charge in [-0.2, -0.15) is 0 Å². The molecule has 2 aliphatic rings. The Morgan fingerprint density at radius 3 is 2.59 bits per heavy atom. The van der Waals surface area contributed by atoms with Crippen LogP contribution in [0.15, 0.2) is 40.2 Å². The van der Waals surface area contributed by atoms with Crippen LogP contribution < -0.4 is 10.2 Å². The second-order valence-electron chi connectivity index (χ2n) is 6.63. The van der Waals surface area contributed by atoms with Crippen molar-refractivity contribution in [3.8, 4) is 0 Å². The number of nitrogens with one attached hydrogen (secondary N) is 1. The number of piperazine rings is 1. The van der Waals surface area contributed by atoms with Gasteiger partial charge in [-0.25, -0.2) is 14.4 Å². The van der Waals surface area contributed by atoms with E-state index in [1.54, 1.807) is 6.26 Å². The molecule has 2 aromatic rings. The molecule has 0 radical (unpaired) electrons.